The van der Waals surface area contributed by atoms with E-state index in [2.05, 4.69) is 15.2 Å². The highest BCUT2D eigenvalue weighted by Gasteiger charge is 2.19. The molecule has 0 bridgehead atoms. The first-order valence-electron chi connectivity index (χ1n) is 7.61. The van der Waals surface area contributed by atoms with E-state index in [1.807, 2.05) is 0 Å². The van der Waals surface area contributed by atoms with Crippen molar-refractivity contribution in [1.29, 1.82) is 0 Å². The number of benzene rings is 1. The summed E-state index contributed by atoms with van der Waals surface area (Å²) in [7, 11) is 0. The molecule has 0 spiro atoms. The second-order valence-electron chi connectivity index (χ2n) is 5.50. The average Bonchev–Trinajstić information content (AvgIpc) is 2.91. The molecule has 0 saturated carbocycles. The molecule has 0 unspecified atom stereocenters. The van der Waals surface area contributed by atoms with Crippen LogP contribution in [0.4, 0.5) is 10.8 Å². The molecule has 2 aromatic rings. The Morgan fingerprint density at radius 3 is 2.78 bits per heavy atom. The van der Waals surface area contributed by atoms with Crippen LogP contribution in [0.5, 0.6) is 5.88 Å². The molecule has 0 atom stereocenters. The van der Waals surface area contributed by atoms with E-state index >= 15 is 0 Å². The van der Waals surface area contributed by atoms with Gasteiger partial charge in [0.15, 0.2) is 5.13 Å². The summed E-state index contributed by atoms with van der Waals surface area (Å²) in [6.07, 6.45) is 3.61. The summed E-state index contributed by atoms with van der Waals surface area (Å²) in [4.78, 5) is 19.1. The lowest BCUT2D eigenvalue weighted by Crippen LogP contribution is -2.29. The topological polar surface area (TPSA) is 65.5 Å². The van der Waals surface area contributed by atoms with Crippen molar-refractivity contribution in [3.8, 4) is 5.88 Å². The highest BCUT2D eigenvalue weighted by Crippen LogP contribution is 2.33. The number of carbonyl (C=O) groups excluding carboxylic acids is 1. The Labute approximate surface area is 143 Å². The molecule has 0 radical (unpaired) electrons. The number of halogens is 1. The molecule has 1 saturated heterocycles. The summed E-state index contributed by atoms with van der Waals surface area (Å²) < 4.78 is 0. The molecule has 122 valence electrons. The maximum atomic E-state index is 12.2. The second kappa shape index (κ2) is 7.19. The lowest BCUT2D eigenvalue weighted by molar-refractivity contribution is -0.115. The molecule has 2 heterocycles. The maximum absolute atomic E-state index is 12.2. The van der Waals surface area contributed by atoms with Gasteiger partial charge in [-0.25, -0.2) is 0 Å². The first kappa shape index (κ1) is 16.1. The molecule has 7 heteroatoms. The van der Waals surface area contributed by atoms with Gasteiger partial charge >= 0.3 is 0 Å². The van der Waals surface area contributed by atoms with Crippen molar-refractivity contribution < 1.29 is 9.90 Å². The zero-order valence-electron chi connectivity index (χ0n) is 12.6. The number of hydrogen-bond donors (Lipinski definition) is 2. The van der Waals surface area contributed by atoms with Crippen molar-refractivity contribution in [3.05, 3.63) is 34.2 Å². The van der Waals surface area contributed by atoms with Crippen LogP contribution >= 0.6 is 22.9 Å². The molecular weight excluding hydrogens is 334 g/mol. The number of piperidine rings is 1. The molecule has 5 nitrogen and oxygen atoms in total. The highest BCUT2D eigenvalue weighted by molar-refractivity contribution is 7.16. The van der Waals surface area contributed by atoms with Gasteiger partial charge in [-0.15, -0.1) is 0 Å². The summed E-state index contributed by atoms with van der Waals surface area (Å²) in [5, 5.41) is 14.0. The van der Waals surface area contributed by atoms with Gasteiger partial charge in [0.1, 0.15) is 0 Å². The Hall–Kier alpha value is -1.79. The fourth-order valence-electron chi connectivity index (χ4n) is 2.57. The number of nitrogens with zero attached hydrogens (tertiary/aromatic N) is 2. The lowest BCUT2D eigenvalue weighted by atomic mass is 10.1. The maximum Gasteiger partial charge on any atom is 0.229 e. The third-order valence-corrected chi connectivity index (χ3v) is 5.20. The zero-order valence-corrected chi connectivity index (χ0v) is 14.2. The Bertz CT molecular complexity index is 698. The summed E-state index contributed by atoms with van der Waals surface area (Å²) in [5.74, 6) is -0.271. The van der Waals surface area contributed by atoms with Crippen LogP contribution in [0.25, 0.3) is 0 Å². The van der Waals surface area contributed by atoms with Gasteiger partial charge < -0.3 is 15.3 Å². The third kappa shape index (κ3) is 3.95. The zero-order chi connectivity index (χ0) is 16.2. The number of hydrogen-bond acceptors (Lipinski definition) is 5. The Morgan fingerprint density at radius 1 is 1.30 bits per heavy atom. The average molecular weight is 352 g/mol. The van der Waals surface area contributed by atoms with Crippen LogP contribution in [-0.2, 0) is 11.2 Å². The molecule has 1 aliphatic heterocycles. The standard InChI is InChI=1S/C16H18ClN3O2S/c17-11-6-2-3-7-12(11)18-14(21)10-13-15(22)19-16(23-13)20-8-4-1-5-9-20/h2-3,6-7,22H,1,4-5,8-10H2,(H,18,21). The predicted molar refractivity (Wildman–Crippen MR) is 93.6 cm³/mol. The van der Waals surface area contributed by atoms with Crippen LogP contribution in [0.15, 0.2) is 24.3 Å². The van der Waals surface area contributed by atoms with Gasteiger partial charge in [0.2, 0.25) is 11.8 Å². The minimum absolute atomic E-state index is 0.0510. The number of amides is 1. The molecule has 1 aliphatic rings. The molecular formula is C16H18ClN3O2S. The van der Waals surface area contributed by atoms with Gasteiger partial charge in [-0.05, 0) is 31.4 Å². The van der Waals surface area contributed by atoms with Crippen molar-refractivity contribution in [3.63, 3.8) is 0 Å². The minimum atomic E-state index is -0.220. The molecule has 1 aromatic carbocycles. The molecule has 1 amide bonds. The van der Waals surface area contributed by atoms with Gasteiger partial charge in [-0.3, -0.25) is 4.79 Å². The number of carbonyl (C=O) groups is 1. The van der Waals surface area contributed by atoms with Crippen molar-refractivity contribution in [1.82, 2.24) is 4.98 Å². The largest absolute Gasteiger partial charge is 0.492 e. The van der Waals surface area contributed by atoms with E-state index in [1.54, 1.807) is 24.3 Å². The quantitative estimate of drug-likeness (QED) is 0.882. The fraction of sp³-hybridized carbons (Fsp3) is 0.375. The van der Waals surface area contributed by atoms with Crippen LogP contribution < -0.4 is 10.2 Å². The predicted octanol–water partition coefficient (Wildman–Crippen LogP) is 3.67. The summed E-state index contributed by atoms with van der Waals surface area (Å²) in [5.41, 5.74) is 0.569. The monoisotopic (exact) mass is 351 g/mol. The summed E-state index contributed by atoms with van der Waals surface area (Å²) >= 11 is 7.41. The molecule has 1 aromatic heterocycles. The molecule has 23 heavy (non-hydrogen) atoms. The van der Waals surface area contributed by atoms with Crippen LogP contribution in [0, 0.1) is 0 Å². The number of para-hydroxylation sites is 1. The molecule has 2 N–H and O–H groups in total. The summed E-state index contributed by atoms with van der Waals surface area (Å²) in [6, 6.07) is 7.07. The van der Waals surface area contributed by atoms with E-state index in [0.717, 1.165) is 31.1 Å². The van der Waals surface area contributed by atoms with Crippen molar-refractivity contribution in [2.45, 2.75) is 25.7 Å². The SMILES string of the molecule is O=C(Cc1sc(N2CCCCC2)nc1O)Nc1ccccc1Cl. The number of aromatic nitrogens is 1. The molecule has 0 aliphatic carbocycles. The molecule has 3 rings (SSSR count). The van der Waals surface area contributed by atoms with Gasteiger partial charge in [0.05, 0.1) is 22.0 Å². The Kier molecular flexibility index (Phi) is 5.03. The van der Waals surface area contributed by atoms with Crippen LogP contribution in [-0.4, -0.2) is 29.1 Å². The van der Waals surface area contributed by atoms with E-state index in [-0.39, 0.29) is 18.2 Å². The van der Waals surface area contributed by atoms with Crippen molar-refractivity contribution in [2.75, 3.05) is 23.3 Å². The van der Waals surface area contributed by atoms with E-state index < -0.39 is 0 Å². The molecule has 1 fully saturated rings. The van der Waals surface area contributed by atoms with Crippen LogP contribution in [0.2, 0.25) is 5.02 Å². The van der Waals surface area contributed by atoms with E-state index in [9.17, 15) is 9.90 Å². The Balaban J connectivity index is 1.66. The second-order valence-corrected chi connectivity index (χ2v) is 6.97. The van der Waals surface area contributed by atoms with E-state index in [1.165, 1.54) is 17.8 Å². The van der Waals surface area contributed by atoms with Crippen molar-refractivity contribution in [2.24, 2.45) is 0 Å². The van der Waals surface area contributed by atoms with Crippen LogP contribution in [0.3, 0.4) is 0 Å². The van der Waals surface area contributed by atoms with E-state index in [0.29, 0.717) is 15.6 Å². The summed E-state index contributed by atoms with van der Waals surface area (Å²) in [6.45, 7) is 1.91. The van der Waals surface area contributed by atoms with Gasteiger partial charge in [0, 0.05) is 13.1 Å². The Morgan fingerprint density at radius 2 is 2.04 bits per heavy atom. The fourth-order valence-corrected chi connectivity index (χ4v) is 3.76. The minimum Gasteiger partial charge on any atom is -0.492 e. The van der Waals surface area contributed by atoms with E-state index in [4.69, 9.17) is 11.6 Å². The number of anilines is 2. The third-order valence-electron chi connectivity index (χ3n) is 3.76. The number of thiazole rings is 1. The lowest BCUT2D eigenvalue weighted by Gasteiger charge is -2.25. The number of aromatic hydroxyl groups is 1. The number of nitrogens with one attached hydrogen (secondary N) is 1. The van der Waals surface area contributed by atoms with Gasteiger partial charge in [-0.1, -0.05) is 35.1 Å². The van der Waals surface area contributed by atoms with Gasteiger partial charge in [0.25, 0.3) is 0 Å². The first-order valence-corrected chi connectivity index (χ1v) is 8.81. The number of rotatable bonds is 4. The normalized spacial score (nSPS) is 14.7. The van der Waals surface area contributed by atoms with Crippen LogP contribution in [0.1, 0.15) is 24.1 Å². The van der Waals surface area contributed by atoms with Gasteiger partial charge in [-0.2, -0.15) is 4.98 Å². The first-order chi connectivity index (χ1) is 11.1. The smallest absolute Gasteiger partial charge is 0.229 e. The van der Waals surface area contributed by atoms with Crippen molar-refractivity contribution >= 4 is 39.7 Å². The highest BCUT2D eigenvalue weighted by atomic mass is 35.5.